The molecule has 1 aliphatic rings. The second kappa shape index (κ2) is 10.0. The standard InChI is InChI=1S/C27H30N4O4/c1-19-23(20-15-17-30(18-16-20)26(33)35-27(2,3)4)29-31(21-11-7-5-8-12-21)24(19)28-25(32)34-22-13-9-6-10-14-22/h5-15H,16-18H2,1-4H3,(H,28,32). The van der Waals surface area contributed by atoms with Crippen molar-refractivity contribution < 1.29 is 19.1 Å². The molecule has 2 heterocycles. The molecule has 0 bridgehead atoms. The van der Waals surface area contributed by atoms with Crippen LogP contribution in [0.3, 0.4) is 0 Å². The van der Waals surface area contributed by atoms with Crippen LogP contribution in [0.25, 0.3) is 11.3 Å². The summed E-state index contributed by atoms with van der Waals surface area (Å²) in [6.07, 6.45) is 1.69. The predicted molar refractivity (Wildman–Crippen MR) is 135 cm³/mol. The summed E-state index contributed by atoms with van der Waals surface area (Å²) >= 11 is 0. The van der Waals surface area contributed by atoms with E-state index >= 15 is 0 Å². The van der Waals surface area contributed by atoms with E-state index in [1.54, 1.807) is 33.8 Å². The number of hydrogen-bond donors (Lipinski definition) is 1. The molecule has 0 saturated heterocycles. The Balaban J connectivity index is 1.60. The zero-order valence-electron chi connectivity index (χ0n) is 20.4. The molecular formula is C27H30N4O4. The molecule has 8 nitrogen and oxygen atoms in total. The van der Waals surface area contributed by atoms with Crippen molar-refractivity contribution in [2.24, 2.45) is 0 Å². The van der Waals surface area contributed by atoms with Crippen LogP contribution >= 0.6 is 0 Å². The molecule has 0 unspecified atom stereocenters. The van der Waals surface area contributed by atoms with Crippen molar-refractivity contribution in [3.8, 4) is 11.4 Å². The normalized spacial score (nSPS) is 13.7. The van der Waals surface area contributed by atoms with Gasteiger partial charge in [0.05, 0.1) is 11.4 Å². The Kier molecular flexibility index (Phi) is 6.91. The smallest absolute Gasteiger partial charge is 0.418 e. The van der Waals surface area contributed by atoms with Crippen LogP contribution in [0.5, 0.6) is 5.75 Å². The summed E-state index contributed by atoms with van der Waals surface area (Å²) in [5.41, 5.74) is 2.87. The molecule has 0 aliphatic carbocycles. The average Bonchev–Trinajstić information content (AvgIpc) is 3.15. The van der Waals surface area contributed by atoms with Crippen LogP contribution in [0.4, 0.5) is 15.4 Å². The highest BCUT2D eigenvalue weighted by atomic mass is 16.6. The van der Waals surface area contributed by atoms with E-state index in [0.29, 0.717) is 31.1 Å². The molecule has 1 aliphatic heterocycles. The number of carbonyl (C=O) groups is 2. The number of carbonyl (C=O) groups excluding carboxylic acids is 2. The lowest BCUT2D eigenvalue weighted by Crippen LogP contribution is -2.39. The fourth-order valence-corrected chi connectivity index (χ4v) is 3.80. The van der Waals surface area contributed by atoms with Crippen LogP contribution in [0.2, 0.25) is 0 Å². The Hall–Kier alpha value is -4.07. The van der Waals surface area contributed by atoms with Gasteiger partial charge in [0.25, 0.3) is 0 Å². The van der Waals surface area contributed by atoms with Gasteiger partial charge in [0.15, 0.2) is 0 Å². The molecule has 0 spiro atoms. The van der Waals surface area contributed by atoms with Gasteiger partial charge >= 0.3 is 12.2 Å². The van der Waals surface area contributed by atoms with Crippen LogP contribution in [0, 0.1) is 6.92 Å². The Labute approximate surface area is 205 Å². The summed E-state index contributed by atoms with van der Waals surface area (Å²) in [5.74, 6) is 0.980. The largest absolute Gasteiger partial charge is 0.444 e. The van der Waals surface area contributed by atoms with Crippen molar-refractivity contribution in [3.05, 3.63) is 78.0 Å². The second-order valence-corrected chi connectivity index (χ2v) is 9.30. The first kappa shape index (κ1) is 24.1. The van der Waals surface area contributed by atoms with Crippen LogP contribution in [0.15, 0.2) is 66.7 Å². The number of aromatic nitrogens is 2. The molecule has 4 rings (SSSR count). The summed E-state index contributed by atoms with van der Waals surface area (Å²) < 4.78 is 12.6. The zero-order chi connectivity index (χ0) is 25.0. The summed E-state index contributed by atoms with van der Waals surface area (Å²) in [6.45, 7) is 8.44. The Morgan fingerprint density at radius 3 is 2.26 bits per heavy atom. The SMILES string of the molecule is Cc1c(C2=CCN(C(=O)OC(C)(C)C)CC2)nn(-c2ccccc2)c1NC(=O)Oc1ccccc1. The monoisotopic (exact) mass is 474 g/mol. The van der Waals surface area contributed by atoms with Crippen molar-refractivity contribution in [2.75, 3.05) is 18.4 Å². The van der Waals surface area contributed by atoms with Gasteiger partial charge in [-0.2, -0.15) is 5.10 Å². The number of nitrogens with zero attached hydrogens (tertiary/aromatic N) is 3. The quantitative estimate of drug-likeness (QED) is 0.515. The highest BCUT2D eigenvalue weighted by Gasteiger charge is 2.27. The van der Waals surface area contributed by atoms with Gasteiger partial charge in [-0.25, -0.2) is 14.3 Å². The number of benzene rings is 2. The number of nitrogens with one attached hydrogen (secondary N) is 1. The second-order valence-electron chi connectivity index (χ2n) is 9.30. The molecular weight excluding hydrogens is 444 g/mol. The van der Waals surface area contributed by atoms with Gasteiger partial charge < -0.3 is 14.4 Å². The average molecular weight is 475 g/mol. The summed E-state index contributed by atoms with van der Waals surface area (Å²) in [4.78, 5) is 26.8. The van der Waals surface area contributed by atoms with Gasteiger partial charge in [0.2, 0.25) is 0 Å². The number of hydrogen-bond acceptors (Lipinski definition) is 5. The van der Waals surface area contributed by atoms with Crippen molar-refractivity contribution in [1.82, 2.24) is 14.7 Å². The van der Waals surface area contributed by atoms with Gasteiger partial charge in [-0.15, -0.1) is 0 Å². The minimum Gasteiger partial charge on any atom is -0.444 e. The van der Waals surface area contributed by atoms with Gasteiger partial charge in [-0.1, -0.05) is 42.5 Å². The molecule has 8 heteroatoms. The van der Waals surface area contributed by atoms with Crippen molar-refractivity contribution in [3.63, 3.8) is 0 Å². The van der Waals surface area contributed by atoms with E-state index in [1.807, 2.05) is 70.2 Å². The first-order chi connectivity index (χ1) is 16.7. The van der Waals surface area contributed by atoms with E-state index in [4.69, 9.17) is 14.6 Å². The third-order valence-electron chi connectivity index (χ3n) is 5.46. The molecule has 2 amide bonds. The molecule has 0 fully saturated rings. The molecule has 1 N–H and O–H groups in total. The number of amides is 2. The molecule has 0 saturated carbocycles. The number of rotatable bonds is 4. The zero-order valence-corrected chi connectivity index (χ0v) is 20.4. The highest BCUT2D eigenvalue weighted by Crippen LogP contribution is 2.31. The van der Waals surface area contributed by atoms with E-state index < -0.39 is 11.7 Å². The van der Waals surface area contributed by atoms with Crippen molar-refractivity contribution in [1.29, 1.82) is 0 Å². The van der Waals surface area contributed by atoms with Crippen LogP contribution < -0.4 is 10.1 Å². The Morgan fingerprint density at radius 1 is 1.00 bits per heavy atom. The maximum Gasteiger partial charge on any atom is 0.418 e. The lowest BCUT2D eigenvalue weighted by atomic mass is 10.0. The number of para-hydroxylation sites is 2. The van der Waals surface area contributed by atoms with Crippen molar-refractivity contribution >= 4 is 23.6 Å². The maximum atomic E-state index is 12.7. The molecule has 182 valence electrons. The number of ether oxygens (including phenoxy) is 2. The number of anilines is 1. The molecule has 1 aromatic heterocycles. The Morgan fingerprint density at radius 2 is 1.66 bits per heavy atom. The summed E-state index contributed by atoms with van der Waals surface area (Å²) in [7, 11) is 0. The summed E-state index contributed by atoms with van der Waals surface area (Å²) in [5, 5.41) is 7.70. The van der Waals surface area contributed by atoms with Gasteiger partial charge in [-0.3, -0.25) is 5.32 Å². The van der Waals surface area contributed by atoms with Crippen LogP contribution in [-0.4, -0.2) is 45.6 Å². The molecule has 2 aromatic carbocycles. The van der Waals surface area contributed by atoms with Crippen LogP contribution in [-0.2, 0) is 4.74 Å². The minimum absolute atomic E-state index is 0.328. The summed E-state index contributed by atoms with van der Waals surface area (Å²) in [6, 6.07) is 18.5. The van der Waals surface area contributed by atoms with E-state index in [1.165, 1.54) is 0 Å². The van der Waals surface area contributed by atoms with Gasteiger partial charge in [-0.05, 0) is 64.0 Å². The molecule has 0 atom stereocenters. The highest BCUT2D eigenvalue weighted by molar-refractivity contribution is 5.88. The Bertz CT molecular complexity index is 1230. The van der Waals surface area contributed by atoms with E-state index in [9.17, 15) is 9.59 Å². The molecule has 35 heavy (non-hydrogen) atoms. The van der Waals surface area contributed by atoms with E-state index in [-0.39, 0.29) is 6.09 Å². The van der Waals surface area contributed by atoms with Gasteiger partial charge in [0.1, 0.15) is 17.2 Å². The lowest BCUT2D eigenvalue weighted by molar-refractivity contribution is 0.0270. The minimum atomic E-state index is -0.600. The maximum absolute atomic E-state index is 12.7. The lowest BCUT2D eigenvalue weighted by Gasteiger charge is -2.29. The predicted octanol–water partition coefficient (Wildman–Crippen LogP) is 5.82. The van der Waals surface area contributed by atoms with Gasteiger partial charge in [0, 0.05) is 18.7 Å². The van der Waals surface area contributed by atoms with Crippen LogP contribution in [0.1, 0.15) is 38.4 Å². The fourth-order valence-electron chi connectivity index (χ4n) is 3.80. The first-order valence-electron chi connectivity index (χ1n) is 11.6. The third kappa shape index (κ3) is 5.90. The molecule has 3 aromatic rings. The van der Waals surface area contributed by atoms with Crippen molar-refractivity contribution in [2.45, 2.75) is 39.7 Å². The third-order valence-corrected chi connectivity index (χ3v) is 5.46. The van der Waals surface area contributed by atoms with E-state index in [0.717, 1.165) is 22.5 Å². The molecule has 0 radical (unpaired) electrons. The van der Waals surface area contributed by atoms with E-state index in [2.05, 4.69) is 5.32 Å². The first-order valence-corrected chi connectivity index (χ1v) is 11.6. The fraction of sp³-hybridized carbons (Fsp3) is 0.296. The topological polar surface area (TPSA) is 85.7 Å².